The minimum absolute atomic E-state index is 0.00489. The summed E-state index contributed by atoms with van der Waals surface area (Å²) < 4.78 is 13.1. The summed E-state index contributed by atoms with van der Waals surface area (Å²) in [5, 5.41) is 0. The first-order valence-corrected chi connectivity index (χ1v) is 9.79. The fourth-order valence-electron chi connectivity index (χ4n) is 3.44. The second kappa shape index (κ2) is 8.82. The molecular weight excluding hydrogens is 383 g/mol. The van der Waals surface area contributed by atoms with E-state index in [0.29, 0.717) is 43.9 Å². The van der Waals surface area contributed by atoms with Gasteiger partial charge in [0.2, 0.25) is 0 Å². The van der Waals surface area contributed by atoms with E-state index in [2.05, 4.69) is 9.97 Å². The van der Waals surface area contributed by atoms with Gasteiger partial charge in [0.05, 0.1) is 0 Å². The van der Waals surface area contributed by atoms with Gasteiger partial charge in [-0.3, -0.25) is 14.7 Å². The Balaban J connectivity index is 1.41. The van der Waals surface area contributed by atoms with Crippen molar-refractivity contribution in [2.24, 2.45) is 0 Å². The maximum Gasteiger partial charge on any atom is 0.326 e. The van der Waals surface area contributed by atoms with Crippen LogP contribution in [0, 0.1) is 5.82 Å². The summed E-state index contributed by atoms with van der Waals surface area (Å²) in [7, 11) is 0. The smallest absolute Gasteiger partial charge is 0.318 e. The van der Waals surface area contributed by atoms with E-state index in [4.69, 9.17) is 0 Å². The number of nitrogens with zero attached hydrogens (tertiary/aromatic N) is 4. The van der Waals surface area contributed by atoms with Gasteiger partial charge >= 0.3 is 6.03 Å². The molecule has 0 N–H and O–H groups in total. The van der Waals surface area contributed by atoms with Gasteiger partial charge in [-0.2, -0.15) is 0 Å². The average Bonchev–Trinajstić information content (AvgIpc) is 3.14. The van der Waals surface area contributed by atoms with Crippen LogP contribution >= 0.6 is 0 Å². The molecule has 4 rings (SSSR count). The third-order valence-corrected chi connectivity index (χ3v) is 5.12. The summed E-state index contributed by atoms with van der Waals surface area (Å²) in [6.45, 7) is 1.43. The van der Waals surface area contributed by atoms with Crippen LogP contribution in [0.15, 0.2) is 67.1 Å². The van der Waals surface area contributed by atoms with Gasteiger partial charge in [-0.1, -0.05) is 12.1 Å². The molecule has 0 saturated carbocycles. The van der Waals surface area contributed by atoms with Gasteiger partial charge in [0.25, 0.3) is 0 Å². The van der Waals surface area contributed by atoms with E-state index in [-0.39, 0.29) is 17.6 Å². The predicted molar refractivity (Wildman–Crippen MR) is 111 cm³/mol. The first-order chi connectivity index (χ1) is 14.6. The number of aryl methyl sites for hydroxylation is 1. The Morgan fingerprint density at radius 3 is 2.50 bits per heavy atom. The number of carbonyl (C=O) groups is 2. The van der Waals surface area contributed by atoms with E-state index in [1.165, 1.54) is 12.1 Å². The van der Waals surface area contributed by atoms with Crippen LogP contribution in [0.1, 0.15) is 27.9 Å². The standard InChI is InChI=1S/C23H21FN4O2/c24-20-4-1-18(2-5-20)16-27-13-14-28(23(27)30)22-15-19(9-12-26-22)21(29)6-3-17-7-10-25-11-8-17/h1-2,4-5,7-12,15H,3,6,13-14,16H2. The number of carbonyl (C=O) groups excluding carboxylic acids is 2. The number of hydrogen-bond acceptors (Lipinski definition) is 4. The molecule has 7 heteroatoms. The van der Waals surface area contributed by atoms with Gasteiger partial charge in [-0.25, -0.2) is 14.2 Å². The van der Waals surface area contributed by atoms with E-state index in [1.54, 1.807) is 52.7 Å². The molecule has 1 fully saturated rings. The minimum atomic E-state index is -0.303. The Kier molecular flexibility index (Phi) is 5.79. The number of amides is 2. The van der Waals surface area contributed by atoms with Crippen molar-refractivity contribution in [1.29, 1.82) is 0 Å². The van der Waals surface area contributed by atoms with Crippen LogP contribution in [-0.2, 0) is 13.0 Å². The van der Waals surface area contributed by atoms with Crippen molar-refractivity contribution >= 4 is 17.6 Å². The molecule has 0 aliphatic carbocycles. The number of ketones is 1. The molecule has 0 unspecified atom stereocenters. The van der Waals surface area contributed by atoms with Crippen molar-refractivity contribution in [2.75, 3.05) is 18.0 Å². The molecule has 2 amide bonds. The second-order valence-corrected chi connectivity index (χ2v) is 7.16. The zero-order chi connectivity index (χ0) is 20.9. The van der Waals surface area contributed by atoms with Crippen LogP contribution in [0.25, 0.3) is 0 Å². The van der Waals surface area contributed by atoms with Crippen LogP contribution < -0.4 is 4.90 Å². The summed E-state index contributed by atoms with van der Waals surface area (Å²) in [4.78, 5) is 37.0. The summed E-state index contributed by atoms with van der Waals surface area (Å²) in [5.41, 5.74) is 2.46. The number of urea groups is 1. The molecule has 6 nitrogen and oxygen atoms in total. The molecule has 1 saturated heterocycles. The van der Waals surface area contributed by atoms with Crippen LogP contribution in [0.3, 0.4) is 0 Å². The maximum atomic E-state index is 13.1. The summed E-state index contributed by atoms with van der Waals surface area (Å²) in [6.07, 6.45) is 5.98. The summed E-state index contributed by atoms with van der Waals surface area (Å²) >= 11 is 0. The Hall–Kier alpha value is -3.61. The highest BCUT2D eigenvalue weighted by Gasteiger charge is 2.30. The van der Waals surface area contributed by atoms with E-state index in [9.17, 15) is 14.0 Å². The first-order valence-electron chi connectivity index (χ1n) is 9.79. The fraction of sp³-hybridized carbons (Fsp3) is 0.217. The molecule has 1 aliphatic rings. The van der Waals surface area contributed by atoms with Gasteiger partial charge in [0.1, 0.15) is 11.6 Å². The molecule has 0 spiro atoms. The number of anilines is 1. The Morgan fingerprint density at radius 2 is 1.73 bits per heavy atom. The highest BCUT2D eigenvalue weighted by Crippen LogP contribution is 2.21. The van der Waals surface area contributed by atoms with Crippen molar-refractivity contribution in [3.05, 3.63) is 89.6 Å². The lowest BCUT2D eigenvalue weighted by Crippen LogP contribution is -2.32. The molecule has 0 atom stereocenters. The lowest BCUT2D eigenvalue weighted by Gasteiger charge is -2.18. The first kappa shape index (κ1) is 19.7. The molecule has 1 aromatic carbocycles. The van der Waals surface area contributed by atoms with Crippen molar-refractivity contribution < 1.29 is 14.0 Å². The second-order valence-electron chi connectivity index (χ2n) is 7.16. The number of pyridine rings is 2. The molecule has 1 aliphatic heterocycles. The Bertz CT molecular complexity index is 1040. The molecule has 30 heavy (non-hydrogen) atoms. The topological polar surface area (TPSA) is 66.4 Å². The number of aromatic nitrogens is 2. The zero-order valence-corrected chi connectivity index (χ0v) is 16.4. The summed E-state index contributed by atoms with van der Waals surface area (Å²) in [5.74, 6) is 0.171. The number of benzene rings is 1. The molecule has 0 radical (unpaired) electrons. The third kappa shape index (κ3) is 4.51. The molecule has 2 aromatic heterocycles. The zero-order valence-electron chi connectivity index (χ0n) is 16.4. The van der Waals surface area contributed by atoms with E-state index in [1.807, 2.05) is 12.1 Å². The highest BCUT2D eigenvalue weighted by molar-refractivity contribution is 5.98. The van der Waals surface area contributed by atoms with E-state index >= 15 is 0 Å². The van der Waals surface area contributed by atoms with Crippen LogP contribution in [0.2, 0.25) is 0 Å². The molecule has 0 bridgehead atoms. The lowest BCUT2D eigenvalue weighted by molar-refractivity contribution is 0.0982. The number of Topliss-reactive ketones (excluding diaryl/α,β-unsaturated/α-hetero) is 1. The largest absolute Gasteiger partial charge is 0.326 e. The van der Waals surface area contributed by atoms with Crippen LogP contribution in [-0.4, -0.2) is 39.8 Å². The van der Waals surface area contributed by atoms with Crippen molar-refractivity contribution in [3.63, 3.8) is 0 Å². The maximum absolute atomic E-state index is 13.1. The van der Waals surface area contributed by atoms with Gasteiger partial charge < -0.3 is 4.90 Å². The summed E-state index contributed by atoms with van der Waals surface area (Å²) in [6, 6.07) is 13.1. The van der Waals surface area contributed by atoms with Gasteiger partial charge in [0, 0.05) is 50.2 Å². The van der Waals surface area contributed by atoms with Gasteiger partial charge in [-0.15, -0.1) is 0 Å². The van der Waals surface area contributed by atoms with E-state index in [0.717, 1.165) is 11.1 Å². The fourth-order valence-corrected chi connectivity index (χ4v) is 3.44. The SMILES string of the molecule is O=C(CCc1ccncc1)c1ccnc(N2CCN(Cc3ccc(F)cc3)C2=O)c1. The number of halogens is 1. The Labute approximate surface area is 174 Å². The third-order valence-electron chi connectivity index (χ3n) is 5.12. The monoisotopic (exact) mass is 404 g/mol. The quantitative estimate of drug-likeness (QED) is 0.561. The van der Waals surface area contributed by atoms with Crippen molar-refractivity contribution in [3.8, 4) is 0 Å². The van der Waals surface area contributed by atoms with Crippen LogP contribution in [0.5, 0.6) is 0 Å². The van der Waals surface area contributed by atoms with E-state index < -0.39 is 0 Å². The van der Waals surface area contributed by atoms with Crippen molar-refractivity contribution in [1.82, 2.24) is 14.9 Å². The van der Waals surface area contributed by atoms with Crippen LogP contribution in [0.4, 0.5) is 15.0 Å². The predicted octanol–water partition coefficient (Wildman–Crippen LogP) is 3.87. The lowest BCUT2D eigenvalue weighted by atomic mass is 10.0. The Morgan fingerprint density at radius 1 is 0.967 bits per heavy atom. The molecule has 3 heterocycles. The number of rotatable bonds is 7. The highest BCUT2D eigenvalue weighted by atomic mass is 19.1. The minimum Gasteiger partial charge on any atom is -0.318 e. The molecule has 152 valence electrons. The van der Waals surface area contributed by atoms with Gasteiger partial charge in [0.15, 0.2) is 5.78 Å². The normalized spacial score (nSPS) is 13.7. The van der Waals surface area contributed by atoms with Crippen molar-refractivity contribution in [2.45, 2.75) is 19.4 Å². The molecular formula is C23H21FN4O2. The molecule has 3 aromatic rings. The van der Waals surface area contributed by atoms with Gasteiger partial charge in [-0.05, 0) is 53.9 Å². The average molecular weight is 404 g/mol. The number of hydrogen-bond donors (Lipinski definition) is 0.